The zero-order valence-corrected chi connectivity index (χ0v) is 12.5. The molecule has 0 aliphatic carbocycles. The highest BCUT2D eigenvalue weighted by Gasteiger charge is 2.16. The maximum atomic E-state index is 6.05. The van der Waals surface area contributed by atoms with E-state index in [9.17, 15) is 0 Å². The van der Waals surface area contributed by atoms with E-state index in [-0.39, 0.29) is 0 Å². The summed E-state index contributed by atoms with van der Waals surface area (Å²) in [6, 6.07) is 3.61. The van der Waals surface area contributed by atoms with Crippen LogP contribution in [0.15, 0.2) is 12.1 Å². The molecule has 16 heavy (non-hydrogen) atoms. The van der Waals surface area contributed by atoms with E-state index in [1.807, 2.05) is 20.8 Å². The van der Waals surface area contributed by atoms with Crippen molar-refractivity contribution in [1.82, 2.24) is 0 Å². The second-order valence-electron chi connectivity index (χ2n) is 3.31. The molecule has 1 unspecified atom stereocenters. The van der Waals surface area contributed by atoms with E-state index in [1.165, 1.54) is 0 Å². The molecule has 1 aromatic carbocycles. The number of aryl methyl sites for hydroxylation is 2. The molecule has 0 amide bonds. The van der Waals surface area contributed by atoms with Crippen LogP contribution >= 0.6 is 28.7 Å². The number of rotatable bonds is 4. The number of benzene rings is 1. The average Bonchev–Trinajstić information content (AvgIpc) is 2.13. The lowest BCUT2D eigenvalue weighted by molar-refractivity contribution is 0.343. The first-order valence-electron chi connectivity index (χ1n) is 4.76. The number of hydrogen-bond acceptors (Lipinski definition) is 3. The summed E-state index contributed by atoms with van der Waals surface area (Å²) >= 11 is 17.1. The quantitative estimate of drug-likeness (QED) is 0.741. The normalized spacial score (nSPS) is 14.6. The van der Waals surface area contributed by atoms with Gasteiger partial charge in [-0.25, -0.2) is 0 Å². The van der Waals surface area contributed by atoms with Crippen LogP contribution < -0.4 is 4.52 Å². The number of halogens is 2. The summed E-state index contributed by atoms with van der Waals surface area (Å²) in [7, 11) is 0. The average molecular weight is 299 g/mol. The van der Waals surface area contributed by atoms with Gasteiger partial charge in [0.2, 0.25) is 0 Å². The molecule has 90 valence electrons. The Labute approximate surface area is 111 Å². The third-order valence-electron chi connectivity index (χ3n) is 1.91. The van der Waals surface area contributed by atoms with Gasteiger partial charge in [0.05, 0.1) is 6.61 Å². The Morgan fingerprint density at radius 2 is 1.81 bits per heavy atom. The van der Waals surface area contributed by atoms with Crippen LogP contribution in [0.1, 0.15) is 18.1 Å². The predicted octanol–water partition coefficient (Wildman–Crippen LogP) is 4.84. The molecule has 0 saturated heterocycles. The summed E-state index contributed by atoms with van der Waals surface area (Å²) in [6.07, 6.45) is 0. The molecule has 0 aromatic heterocycles. The third-order valence-corrected chi connectivity index (χ3v) is 4.54. The zero-order chi connectivity index (χ0) is 12.3. The van der Waals surface area contributed by atoms with Crippen LogP contribution in [0.2, 0.25) is 5.02 Å². The summed E-state index contributed by atoms with van der Waals surface area (Å²) in [6.45, 7) is 6.07. The highest BCUT2D eigenvalue weighted by Crippen LogP contribution is 2.53. The minimum absolute atomic E-state index is 0.437. The standard InChI is InChI=1S/C10H13Cl2O2PS/c1-4-13-15(12,16)14-9-5-7(2)10(11)8(3)6-9/h5-6H,4H2,1-3H3. The van der Waals surface area contributed by atoms with Crippen molar-refractivity contribution in [2.75, 3.05) is 6.61 Å². The molecule has 1 aromatic rings. The molecule has 0 spiro atoms. The van der Waals surface area contributed by atoms with Crippen LogP contribution in [0.4, 0.5) is 0 Å². The Kier molecular flexibility index (Phi) is 5.09. The van der Waals surface area contributed by atoms with Gasteiger partial charge in [-0.05, 0) is 67.1 Å². The second kappa shape index (κ2) is 5.70. The molecule has 0 bridgehead atoms. The Hall–Kier alpha value is 0.210. The second-order valence-corrected chi connectivity index (χ2v) is 8.37. The van der Waals surface area contributed by atoms with Gasteiger partial charge in [0.25, 0.3) is 0 Å². The van der Waals surface area contributed by atoms with Crippen LogP contribution in [-0.4, -0.2) is 6.61 Å². The van der Waals surface area contributed by atoms with Crippen molar-refractivity contribution in [3.05, 3.63) is 28.3 Å². The lowest BCUT2D eigenvalue weighted by Crippen LogP contribution is -1.93. The molecule has 0 N–H and O–H groups in total. The molecule has 1 atom stereocenters. The minimum Gasteiger partial charge on any atom is -0.433 e. The smallest absolute Gasteiger partial charge is 0.332 e. The topological polar surface area (TPSA) is 18.5 Å². The van der Waals surface area contributed by atoms with Crippen molar-refractivity contribution in [2.45, 2.75) is 20.8 Å². The lowest BCUT2D eigenvalue weighted by Gasteiger charge is -2.16. The van der Waals surface area contributed by atoms with Gasteiger partial charge < -0.3 is 9.05 Å². The molecule has 0 saturated carbocycles. The summed E-state index contributed by atoms with van der Waals surface area (Å²) < 4.78 is 10.6. The maximum absolute atomic E-state index is 6.05. The maximum Gasteiger partial charge on any atom is 0.332 e. The highest BCUT2D eigenvalue weighted by atomic mass is 35.7. The first-order valence-corrected chi connectivity index (χ1v) is 8.68. The van der Waals surface area contributed by atoms with Gasteiger partial charge in [-0.15, -0.1) is 0 Å². The van der Waals surface area contributed by atoms with Crippen LogP contribution in [-0.2, 0) is 16.3 Å². The molecule has 6 heteroatoms. The predicted molar refractivity (Wildman–Crippen MR) is 73.3 cm³/mol. The van der Waals surface area contributed by atoms with Crippen LogP contribution in [0.3, 0.4) is 0 Å². The first kappa shape index (κ1) is 14.3. The fourth-order valence-electron chi connectivity index (χ4n) is 1.27. The van der Waals surface area contributed by atoms with E-state index < -0.39 is 5.84 Å². The summed E-state index contributed by atoms with van der Waals surface area (Å²) in [4.78, 5) is 0. The Bertz CT molecular complexity index is 414. The van der Waals surface area contributed by atoms with Crippen LogP contribution in [0.25, 0.3) is 0 Å². The molecule has 0 aliphatic rings. The summed E-state index contributed by atoms with van der Waals surface area (Å²) in [5, 5.41) is 0.728. The Morgan fingerprint density at radius 3 is 2.25 bits per heavy atom. The molecule has 0 aliphatic heterocycles. The van der Waals surface area contributed by atoms with Crippen molar-refractivity contribution < 1.29 is 9.05 Å². The van der Waals surface area contributed by atoms with Gasteiger partial charge in [0.15, 0.2) is 0 Å². The fraction of sp³-hybridized carbons (Fsp3) is 0.400. The third kappa shape index (κ3) is 3.90. The van der Waals surface area contributed by atoms with E-state index in [1.54, 1.807) is 12.1 Å². The Morgan fingerprint density at radius 1 is 1.31 bits per heavy atom. The van der Waals surface area contributed by atoms with E-state index in [0.717, 1.165) is 16.1 Å². The summed E-state index contributed by atoms with van der Waals surface area (Å²) in [5.74, 6) is -2.10. The van der Waals surface area contributed by atoms with Gasteiger partial charge in [-0.1, -0.05) is 11.6 Å². The van der Waals surface area contributed by atoms with Crippen molar-refractivity contribution in [3.8, 4) is 5.75 Å². The molecule has 1 rings (SSSR count). The molecular weight excluding hydrogens is 286 g/mol. The van der Waals surface area contributed by atoms with E-state index in [4.69, 9.17) is 43.7 Å². The molecule has 0 heterocycles. The zero-order valence-electron chi connectivity index (χ0n) is 9.29. The minimum atomic E-state index is -2.71. The van der Waals surface area contributed by atoms with Crippen LogP contribution in [0, 0.1) is 13.8 Å². The van der Waals surface area contributed by atoms with Crippen molar-refractivity contribution in [3.63, 3.8) is 0 Å². The van der Waals surface area contributed by atoms with Gasteiger partial charge in [0.1, 0.15) is 5.75 Å². The van der Waals surface area contributed by atoms with E-state index in [0.29, 0.717) is 12.4 Å². The van der Waals surface area contributed by atoms with Gasteiger partial charge >= 0.3 is 5.84 Å². The van der Waals surface area contributed by atoms with E-state index >= 15 is 0 Å². The molecule has 0 radical (unpaired) electrons. The van der Waals surface area contributed by atoms with Crippen molar-refractivity contribution in [1.29, 1.82) is 0 Å². The lowest BCUT2D eigenvalue weighted by atomic mass is 10.1. The fourth-order valence-corrected chi connectivity index (χ4v) is 3.20. The molecule has 0 fully saturated rings. The SMILES string of the molecule is CCOP(=S)(Cl)Oc1cc(C)c(Cl)c(C)c1. The van der Waals surface area contributed by atoms with Crippen LogP contribution in [0.5, 0.6) is 5.75 Å². The molecular formula is C10H13Cl2O2PS. The Balaban J connectivity index is 2.95. The van der Waals surface area contributed by atoms with Gasteiger partial charge in [0, 0.05) is 5.02 Å². The summed E-state index contributed by atoms with van der Waals surface area (Å²) in [5.41, 5.74) is 1.86. The first-order chi connectivity index (χ1) is 7.35. The van der Waals surface area contributed by atoms with Crippen molar-refractivity contribution in [2.24, 2.45) is 0 Å². The molecule has 2 nitrogen and oxygen atoms in total. The largest absolute Gasteiger partial charge is 0.433 e. The van der Waals surface area contributed by atoms with Crippen molar-refractivity contribution >= 4 is 40.5 Å². The monoisotopic (exact) mass is 298 g/mol. The van der Waals surface area contributed by atoms with Gasteiger partial charge in [-0.2, -0.15) is 0 Å². The van der Waals surface area contributed by atoms with Gasteiger partial charge in [-0.3, -0.25) is 0 Å². The highest BCUT2D eigenvalue weighted by molar-refractivity contribution is 8.22. The number of hydrogen-bond donors (Lipinski definition) is 0. The van der Waals surface area contributed by atoms with E-state index in [2.05, 4.69) is 0 Å².